The second-order valence-electron chi connectivity index (χ2n) is 5.31. The molecule has 2 N–H and O–H groups in total. The normalized spacial score (nSPS) is 11.6. The Labute approximate surface area is 151 Å². The SMILES string of the molecule is CN=C(NCCc1csc(C)n1)NCc1ccc(F)cc1CSC. The van der Waals surface area contributed by atoms with Crippen LogP contribution >= 0.6 is 23.1 Å². The summed E-state index contributed by atoms with van der Waals surface area (Å²) in [6, 6.07) is 4.94. The molecule has 0 atom stereocenters. The first-order valence-corrected chi connectivity index (χ1v) is 10.0. The molecule has 0 saturated heterocycles. The number of guanidine groups is 1. The van der Waals surface area contributed by atoms with Crippen molar-refractivity contribution in [2.75, 3.05) is 19.8 Å². The van der Waals surface area contributed by atoms with E-state index in [1.165, 1.54) is 6.07 Å². The number of hydrogen-bond donors (Lipinski definition) is 2. The van der Waals surface area contributed by atoms with Crippen molar-refractivity contribution in [3.05, 3.63) is 51.2 Å². The maximum Gasteiger partial charge on any atom is 0.191 e. The van der Waals surface area contributed by atoms with Gasteiger partial charge in [0.15, 0.2) is 5.96 Å². The second-order valence-corrected chi connectivity index (χ2v) is 7.23. The van der Waals surface area contributed by atoms with Crippen molar-refractivity contribution < 1.29 is 4.39 Å². The van der Waals surface area contributed by atoms with Crippen LogP contribution in [0.15, 0.2) is 28.6 Å². The Balaban J connectivity index is 1.85. The molecule has 2 aromatic rings. The zero-order valence-corrected chi connectivity index (χ0v) is 15.9. The Morgan fingerprint density at radius 1 is 1.33 bits per heavy atom. The zero-order valence-electron chi connectivity index (χ0n) is 14.2. The van der Waals surface area contributed by atoms with E-state index in [0.717, 1.165) is 46.5 Å². The largest absolute Gasteiger partial charge is 0.356 e. The quantitative estimate of drug-likeness (QED) is 0.583. The van der Waals surface area contributed by atoms with Gasteiger partial charge in [0.2, 0.25) is 0 Å². The molecule has 0 unspecified atom stereocenters. The Bertz CT molecular complexity index is 685. The maximum atomic E-state index is 13.4. The molecule has 0 spiro atoms. The molecule has 130 valence electrons. The van der Waals surface area contributed by atoms with Crippen LogP contribution in [0.5, 0.6) is 0 Å². The summed E-state index contributed by atoms with van der Waals surface area (Å²) in [4.78, 5) is 8.68. The molecule has 1 aromatic heterocycles. The van der Waals surface area contributed by atoms with E-state index in [1.54, 1.807) is 36.2 Å². The minimum atomic E-state index is -0.191. The molecule has 0 fully saturated rings. The van der Waals surface area contributed by atoms with Gasteiger partial charge in [-0.1, -0.05) is 6.07 Å². The van der Waals surface area contributed by atoms with Gasteiger partial charge in [-0.05, 0) is 36.4 Å². The highest BCUT2D eigenvalue weighted by Crippen LogP contribution is 2.16. The molecule has 0 aliphatic rings. The summed E-state index contributed by atoms with van der Waals surface area (Å²) in [6.45, 7) is 3.40. The first-order chi connectivity index (χ1) is 11.6. The minimum absolute atomic E-state index is 0.191. The van der Waals surface area contributed by atoms with Crippen molar-refractivity contribution in [3.8, 4) is 0 Å². The number of aromatic nitrogens is 1. The van der Waals surface area contributed by atoms with Crippen LogP contribution in [0.3, 0.4) is 0 Å². The molecule has 7 heteroatoms. The van der Waals surface area contributed by atoms with Gasteiger partial charge in [-0.25, -0.2) is 9.37 Å². The van der Waals surface area contributed by atoms with Crippen molar-refractivity contribution in [1.29, 1.82) is 0 Å². The molecular weight excluding hydrogens is 343 g/mol. The average molecular weight is 367 g/mol. The predicted molar refractivity (Wildman–Crippen MR) is 102 cm³/mol. The van der Waals surface area contributed by atoms with E-state index >= 15 is 0 Å². The molecular formula is C17H23FN4S2. The number of aryl methyl sites for hydroxylation is 1. The van der Waals surface area contributed by atoms with Crippen LogP contribution in [-0.2, 0) is 18.7 Å². The van der Waals surface area contributed by atoms with Crippen molar-refractivity contribution >= 4 is 29.1 Å². The lowest BCUT2D eigenvalue weighted by Gasteiger charge is -2.14. The third kappa shape index (κ3) is 5.79. The fourth-order valence-corrected chi connectivity index (χ4v) is 3.52. The summed E-state index contributed by atoms with van der Waals surface area (Å²) in [5.74, 6) is 1.34. The lowest BCUT2D eigenvalue weighted by molar-refractivity contribution is 0.625. The van der Waals surface area contributed by atoms with Crippen LogP contribution in [0.25, 0.3) is 0 Å². The summed E-state index contributed by atoms with van der Waals surface area (Å²) in [6.07, 6.45) is 2.88. The number of aliphatic imine (C=N–C) groups is 1. The predicted octanol–water partition coefficient (Wildman–Crippen LogP) is 3.36. The van der Waals surface area contributed by atoms with Gasteiger partial charge in [-0.15, -0.1) is 11.3 Å². The molecule has 1 aromatic carbocycles. The highest BCUT2D eigenvalue weighted by atomic mass is 32.2. The van der Waals surface area contributed by atoms with E-state index in [-0.39, 0.29) is 5.82 Å². The molecule has 0 saturated carbocycles. The van der Waals surface area contributed by atoms with Crippen LogP contribution in [0.4, 0.5) is 4.39 Å². The minimum Gasteiger partial charge on any atom is -0.356 e. The number of thiazole rings is 1. The number of halogens is 1. The fraction of sp³-hybridized carbons (Fsp3) is 0.412. The first-order valence-electron chi connectivity index (χ1n) is 7.74. The number of benzene rings is 1. The van der Waals surface area contributed by atoms with Gasteiger partial charge in [0.05, 0.1) is 10.7 Å². The third-order valence-electron chi connectivity index (χ3n) is 3.48. The summed E-state index contributed by atoms with van der Waals surface area (Å²) in [5.41, 5.74) is 3.20. The van der Waals surface area contributed by atoms with Crippen molar-refractivity contribution in [1.82, 2.24) is 15.6 Å². The maximum absolute atomic E-state index is 13.4. The molecule has 0 amide bonds. The van der Waals surface area contributed by atoms with E-state index in [2.05, 4.69) is 26.0 Å². The number of nitrogens with one attached hydrogen (secondary N) is 2. The highest BCUT2D eigenvalue weighted by Gasteiger charge is 2.06. The Morgan fingerprint density at radius 3 is 2.83 bits per heavy atom. The van der Waals surface area contributed by atoms with Crippen LogP contribution in [0, 0.1) is 12.7 Å². The van der Waals surface area contributed by atoms with E-state index < -0.39 is 0 Å². The number of thioether (sulfide) groups is 1. The lowest BCUT2D eigenvalue weighted by atomic mass is 10.1. The van der Waals surface area contributed by atoms with Crippen molar-refractivity contribution in [2.24, 2.45) is 4.99 Å². The summed E-state index contributed by atoms with van der Waals surface area (Å²) < 4.78 is 13.4. The van der Waals surface area contributed by atoms with Gasteiger partial charge in [0.1, 0.15) is 5.82 Å². The van der Waals surface area contributed by atoms with Crippen molar-refractivity contribution in [3.63, 3.8) is 0 Å². The van der Waals surface area contributed by atoms with Gasteiger partial charge >= 0.3 is 0 Å². The molecule has 4 nitrogen and oxygen atoms in total. The van der Waals surface area contributed by atoms with E-state index in [1.807, 2.05) is 19.2 Å². The molecule has 0 bridgehead atoms. The molecule has 24 heavy (non-hydrogen) atoms. The molecule has 0 aliphatic heterocycles. The Kier molecular flexibility index (Phi) is 7.52. The van der Waals surface area contributed by atoms with E-state index in [4.69, 9.17) is 0 Å². The van der Waals surface area contributed by atoms with Gasteiger partial charge in [-0.2, -0.15) is 11.8 Å². The standard InChI is InChI=1S/C17H23FN4S2/c1-12-22-16(11-24-12)6-7-20-17(19-2)21-9-13-4-5-15(18)8-14(13)10-23-3/h4-5,8,11H,6-7,9-10H2,1-3H3,(H2,19,20,21). The lowest BCUT2D eigenvalue weighted by Crippen LogP contribution is -2.38. The second kappa shape index (κ2) is 9.64. The molecule has 0 aliphatic carbocycles. The van der Waals surface area contributed by atoms with Crippen LogP contribution in [-0.4, -0.2) is 30.8 Å². The van der Waals surface area contributed by atoms with Crippen LogP contribution in [0.1, 0.15) is 21.8 Å². The zero-order chi connectivity index (χ0) is 17.4. The Morgan fingerprint density at radius 2 is 2.17 bits per heavy atom. The van der Waals surface area contributed by atoms with Gasteiger partial charge < -0.3 is 10.6 Å². The van der Waals surface area contributed by atoms with E-state index in [9.17, 15) is 4.39 Å². The van der Waals surface area contributed by atoms with Gasteiger partial charge in [-0.3, -0.25) is 4.99 Å². The third-order valence-corrected chi connectivity index (χ3v) is 4.90. The number of hydrogen-bond acceptors (Lipinski definition) is 4. The molecule has 0 radical (unpaired) electrons. The molecule has 2 rings (SSSR count). The first kappa shape index (κ1) is 18.7. The van der Waals surface area contributed by atoms with Crippen LogP contribution < -0.4 is 10.6 Å². The van der Waals surface area contributed by atoms with Crippen LogP contribution in [0.2, 0.25) is 0 Å². The molecule has 1 heterocycles. The summed E-state index contributed by atoms with van der Waals surface area (Å²) in [7, 11) is 1.75. The topological polar surface area (TPSA) is 49.3 Å². The van der Waals surface area contributed by atoms with Gasteiger partial charge in [0.25, 0.3) is 0 Å². The monoisotopic (exact) mass is 366 g/mol. The fourth-order valence-electron chi connectivity index (χ4n) is 2.29. The smallest absolute Gasteiger partial charge is 0.191 e. The van der Waals surface area contributed by atoms with E-state index in [0.29, 0.717) is 6.54 Å². The van der Waals surface area contributed by atoms with Crippen molar-refractivity contribution in [2.45, 2.75) is 25.6 Å². The number of nitrogens with zero attached hydrogens (tertiary/aromatic N) is 2. The van der Waals surface area contributed by atoms with Gasteiger partial charge in [0, 0.05) is 37.7 Å². The summed E-state index contributed by atoms with van der Waals surface area (Å²) >= 11 is 3.35. The summed E-state index contributed by atoms with van der Waals surface area (Å²) in [5, 5.41) is 9.74. The number of rotatable bonds is 7. The average Bonchev–Trinajstić information content (AvgIpc) is 2.98. The Hall–Kier alpha value is -1.60. The highest BCUT2D eigenvalue weighted by molar-refractivity contribution is 7.97.